The van der Waals surface area contributed by atoms with Crippen molar-refractivity contribution >= 4 is 11.0 Å². The van der Waals surface area contributed by atoms with E-state index >= 15 is 0 Å². The van der Waals surface area contributed by atoms with Crippen molar-refractivity contribution in [3.8, 4) is 12.8 Å². The maximum Gasteiger partial charge on any atom is 0.139 e. The molecule has 0 atom stereocenters. The molecule has 0 bridgehead atoms. The molecule has 0 aliphatic carbocycles. The van der Waals surface area contributed by atoms with E-state index in [0.717, 1.165) is 5.65 Å². The second kappa shape index (κ2) is 8.00. The van der Waals surface area contributed by atoms with Gasteiger partial charge in [-0.15, -0.1) is 12.8 Å². The first-order valence-electron chi connectivity index (χ1n) is 7.35. The summed E-state index contributed by atoms with van der Waals surface area (Å²) in [6.07, 6.45) is 11.9. The van der Waals surface area contributed by atoms with E-state index in [1.54, 1.807) is 7.11 Å². The van der Waals surface area contributed by atoms with E-state index in [1.807, 2.05) is 30.1 Å². The van der Waals surface area contributed by atoms with Gasteiger partial charge in [-0.05, 0) is 43.9 Å². The van der Waals surface area contributed by atoms with Gasteiger partial charge >= 0.3 is 0 Å². The molecule has 22 heavy (non-hydrogen) atoms. The summed E-state index contributed by atoms with van der Waals surface area (Å²) >= 11 is 0. The second-order valence-electron chi connectivity index (χ2n) is 6.76. The number of terminal acetylenes is 1. The Morgan fingerprint density at radius 3 is 2.00 bits per heavy atom. The third-order valence-electron chi connectivity index (χ3n) is 4.30. The molecule has 0 saturated heterocycles. The molecular weight excluding hydrogens is 272 g/mol. The van der Waals surface area contributed by atoms with Crippen LogP contribution in [0.15, 0.2) is 24.5 Å². The second-order valence-corrected chi connectivity index (χ2v) is 6.76. The molecule has 0 amide bonds. The van der Waals surface area contributed by atoms with Gasteiger partial charge < -0.3 is 9.30 Å². The molecule has 122 valence electrons. The quantitative estimate of drug-likeness (QED) is 0.720. The summed E-state index contributed by atoms with van der Waals surface area (Å²) in [5.41, 5.74) is 2.55. The highest BCUT2D eigenvalue weighted by Crippen LogP contribution is 2.31. The molecule has 0 aliphatic rings. The van der Waals surface area contributed by atoms with Crippen LogP contribution in [0.2, 0.25) is 0 Å². The number of nitrogens with zero attached hydrogens (tertiary/aromatic N) is 2. The molecule has 0 saturated carbocycles. The first-order valence-corrected chi connectivity index (χ1v) is 7.35. The van der Waals surface area contributed by atoms with E-state index in [-0.39, 0.29) is 11.0 Å². The first-order chi connectivity index (χ1) is 10.1. The molecule has 3 nitrogen and oxygen atoms in total. The fourth-order valence-electron chi connectivity index (χ4n) is 1.61. The summed E-state index contributed by atoms with van der Waals surface area (Å²) in [5.74, 6) is 0. The van der Waals surface area contributed by atoms with Gasteiger partial charge in [0.25, 0.3) is 0 Å². The predicted octanol–water partition coefficient (Wildman–Crippen LogP) is 4.59. The molecular formula is C19H30N2O. The summed E-state index contributed by atoms with van der Waals surface area (Å²) in [5, 5.41) is 1.25. The van der Waals surface area contributed by atoms with Crippen LogP contribution >= 0.6 is 0 Å². The van der Waals surface area contributed by atoms with Crippen molar-refractivity contribution in [2.75, 3.05) is 7.11 Å². The summed E-state index contributed by atoms with van der Waals surface area (Å²) in [7, 11) is 3.76. The minimum absolute atomic E-state index is 0.0208. The SMILES string of the molecule is C#C.COC(C)(C)C(C)(C)C.Cc1ccnc2c1ccn2C. The van der Waals surface area contributed by atoms with Crippen molar-refractivity contribution in [3.63, 3.8) is 0 Å². The number of aryl methyl sites for hydroxylation is 2. The Hall–Kier alpha value is -1.79. The van der Waals surface area contributed by atoms with E-state index in [0.29, 0.717) is 0 Å². The van der Waals surface area contributed by atoms with Crippen LogP contribution in [0.3, 0.4) is 0 Å². The van der Waals surface area contributed by atoms with E-state index in [1.165, 1.54) is 10.9 Å². The van der Waals surface area contributed by atoms with E-state index < -0.39 is 0 Å². The van der Waals surface area contributed by atoms with Gasteiger partial charge in [-0.3, -0.25) is 0 Å². The lowest BCUT2D eigenvalue weighted by Crippen LogP contribution is -2.38. The standard InChI is InChI=1S/C9H10N2.C8H18O.C2H2/c1-7-3-5-10-9-8(7)4-6-11(9)2;1-7(2,3)8(4,5)9-6;1-2/h3-6H,1-2H3;1-6H3;1-2H. The maximum absolute atomic E-state index is 5.30. The average molecular weight is 302 g/mol. The van der Waals surface area contributed by atoms with Gasteiger partial charge in [-0.25, -0.2) is 4.98 Å². The Morgan fingerprint density at radius 2 is 1.64 bits per heavy atom. The molecule has 0 aromatic carbocycles. The molecule has 0 aliphatic heterocycles. The lowest BCUT2D eigenvalue weighted by molar-refractivity contribution is -0.0620. The molecule has 0 unspecified atom stereocenters. The van der Waals surface area contributed by atoms with Gasteiger partial charge in [0, 0.05) is 31.9 Å². The largest absolute Gasteiger partial charge is 0.378 e. The minimum atomic E-state index is -0.0208. The molecule has 0 spiro atoms. The van der Waals surface area contributed by atoms with Crippen LogP contribution in [0.4, 0.5) is 0 Å². The fourth-order valence-corrected chi connectivity index (χ4v) is 1.61. The van der Waals surface area contributed by atoms with Crippen molar-refractivity contribution in [1.82, 2.24) is 9.55 Å². The molecule has 3 heteroatoms. The Morgan fingerprint density at radius 1 is 1.09 bits per heavy atom. The highest BCUT2D eigenvalue weighted by Gasteiger charge is 2.32. The number of ether oxygens (including phenoxy) is 1. The monoisotopic (exact) mass is 302 g/mol. The van der Waals surface area contributed by atoms with Gasteiger partial charge in [0.2, 0.25) is 0 Å². The van der Waals surface area contributed by atoms with Gasteiger partial charge in [0.1, 0.15) is 5.65 Å². The van der Waals surface area contributed by atoms with Crippen molar-refractivity contribution < 1.29 is 4.74 Å². The van der Waals surface area contributed by atoms with Crippen LogP contribution in [-0.4, -0.2) is 22.3 Å². The summed E-state index contributed by atoms with van der Waals surface area (Å²) in [6, 6.07) is 4.12. The molecule has 2 aromatic rings. The zero-order valence-electron chi connectivity index (χ0n) is 15.3. The average Bonchev–Trinajstić information content (AvgIpc) is 2.84. The number of methoxy groups -OCH3 is 1. The Bertz CT molecular complexity index is 601. The van der Waals surface area contributed by atoms with E-state index in [2.05, 4.69) is 65.4 Å². The first kappa shape index (κ1) is 20.2. The number of pyridine rings is 1. The molecule has 0 N–H and O–H groups in total. The Labute approximate surface area is 135 Å². The zero-order valence-corrected chi connectivity index (χ0v) is 15.3. The normalized spacial score (nSPS) is 11.2. The van der Waals surface area contributed by atoms with Gasteiger partial charge in [-0.2, -0.15) is 0 Å². The van der Waals surface area contributed by atoms with Crippen LogP contribution < -0.4 is 0 Å². The van der Waals surface area contributed by atoms with Crippen molar-refractivity contribution in [2.45, 2.75) is 47.1 Å². The van der Waals surface area contributed by atoms with E-state index in [4.69, 9.17) is 4.74 Å². The summed E-state index contributed by atoms with van der Waals surface area (Å²) in [6.45, 7) is 12.8. The van der Waals surface area contributed by atoms with Crippen LogP contribution in [0.5, 0.6) is 0 Å². The molecule has 2 aromatic heterocycles. The van der Waals surface area contributed by atoms with Crippen molar-refractivity contribution in [2.24, 2.45) is 12.5 Å². The third-order valence-corrected chi connectivity index (χ3v) is 4.30. The van der Waals surface area contributed by atoms with Gasteiger partial charge in [-0.1, -0.05) is 20.8 Å². The third kappa shape index (κ3) is 4.89. The highest BCUT2D eigenvalue weighted by molar-refractivity contribution is 5.79. The Balaban J connectivity index is 0.000000369. The van der Waals surface area contributed by atoms with Crippen molar-refractivity contribution in [3.05, 3.63) is 30.1 Å². The van der Waals surface area contributed by atoms with Crippen LogP contribution in [0, 0.1) is 25.2 Å². The number of rotatable bonds is 1. The van der Waals surface area contributed by atoms with Gasteiger partial charge in [0.05, 0.1) is 5.60 Å². The minimum Gasteiger partial charge on any atom is -0.378 e. The molecule has 2 rings (SSSR count). The topological polar surface area (TPSA) is 27.1 Å². The summed E-state index contributed by atoms with van der Waals surface area (Å²) < 4.78 is 7.33. The Kier molecular flexibility index (Phi) is 7.35. The number of aromatic nitrogens is 2. The number of fused-ring (bicyclic) bond motifs is 1. The van der Waals surface area contributed by atoms with E-state index in [9.17, 15) is 0 Å². The zero-order chi connectivity index (χ0) is 17.6. The van der Waals surface area contributed by atoms with Crippen LogP contribution in [0.1, 0.15) is 40.2 Å². The molecule has 2 heterocycles. The predicted molar refractivity (Wildman–Crippen MR) is 95.9 cm³/mol. The lowest BCUT2D eigenvalue weighted by atomic mass is 9.79. The lowest BCUT2D eigenvalue weighted by Gasteiger charge is -2.37. The van der Waals surface area contributed by atoms with Crippen LogP contribution in [0.25, 0.3) is 11.0 Å². The van der Waals surface area contributed by atoms with Crippen molar-refractivity contribution in [1.29, 1.82) is 0 Å². The molecule has 0 fully saturated rings. The summed E-state index contributed by atoms with van der Waals surface area (Å²) in [4.78, 5) is 4.26. The smallest absolute Gasteiger partial charge is 0.139 e. The number of hydrogen-bond donors (Lipinski definition) is 0. The van der Waals surface area contributed by atoms with Gasteiger partial charge in [0.15, 0.2) is 0 Å². The highest BCUT2D eigenvalue weighted by atomic mass is 16.5. The maximum atomic E-state index is 5.30. The van der Waals surface area contributed by atoms with Crippen LogP contribution in [-0.2, 0) is 11.8 Å². The fraction of sp³-hybridized carbons (Fsp3) is 0.526. The number of hydrogen-bond acceptors (Lipinski definition) is 2. The molecule has 0 radical (unpaired) electrons.